The normalized spacial score (nSPS) is 21.8. The Morgan fingerprint density at radius 1 is 1.12 bits per heavy atom. The third kappa shape index (κ3) is 2.69. The first-order chi connectivity index (χ1) is 11.6. The van der Waals surface area contributed by atoms with E-state index in [4.69, 9.17) is 4.98 Å². The fourth-order valence-corrected chi connectivity index (χ4v) is 4.17. The molecule has 0 N–H and O–H groups in total. The lowest BCUT2D eigenvalue weighted by Gasteiger charge is -2.25. The van der Waals surface area contributed by atoms with Crippen LogP contribution in [-0.2, 0) is 7.05 Å². The van der Waals surface area contributed by atoms with Gasteiger partial charge in [0.1, 0.15) is 0 Å². The van der Waals surface area contributed by atoms with E-state index in [1.54, 1.807) is 0 Å². The van der Waals surface area contributed by atoms with Gasteiger partial charge in [0, 0.05) is 50.2 Å². The quantitative estimate of drug-likeness (QED) is 0.846. The molecular weight excluding hydrogens is 300 g/mol. The maximum absolute atomic E-state index is 4.90. The van der Waals surface area contributed by atoms with Crippen LogP contribution < -0.4 is 4.90 Å². The summed E-state index contributed by atoms with van der Waals surface area (Å²) in [5.74, 6) is 0.865. The molecule has 6 nitrogen and oxygen atoms in total. The zero-order chi connectivity index (χ0) is 16.7. The molecule has 2 aromatic rings. The Kier molecular flexibility index (Phi) is 4.00. The average molecular weight is 326 g/mol. The van der Waals surface area contributed by atoms with Gasteiger partial charge < -0.3 is 4.90 Å². The first kappa shape index (κ1) is 15.6. The fraction of sp³-hybridized carbons (Fsp3) is 0.611. The molecule has 2 aromatic heterocycles. The predicted octanol–water partition coefficient (Wildman–Crippen LogP) is 2.17. The minimum absolute atomic E-state index is 0.668. The summed E-state index contributed by atoms with van der Waals surface area (Å²) < 4.78 is 1.93. The van der Waals surface area contributed by atoms with Crippen molar-refractivity contribution in [2.45, 2.75) is 39.2 Å². The Bertz CT molecular complexity index is 737. The highest BCUT2D eigenvalue weighted by Crippen LogP contribution is 2.27. The van der Waals surface area contributed by atoms with Crippen LogP contribution >= 0.6 is 0 Å². The van der Waals surface area contributed by atoms with Crippen LogP contribution in [0.25, 0.3) is 11.3 Å². The molecule has 1 atom stereocenters. The van der Waals surface area contributed by atoms with Gasteiger partial charge >= 0.3 is 0 Å². The highest BCUT2D eigenvalue weighted by molar-refractivity contribution is 5.65. The Morgan fingerprint density at radius 3 is 2.75 bits per heavy atom. The molecule has 24 heavy (non-hydrogen) atoms. The third-order valence-electron chi connectivity index (χ3n) is 5.49. The zero-order valence-electron chi connectivity index (χ0n) is 14.9. The molecule has 4 rings (SSSR count). The molecule has 128 valence electrons. The number of rotatable bonds is 2. The van der Waals surface area contributed by atoms with E-state index in [0.717, 1.165) is 41.7 Å². The zero-order valence-corrected chi connectivity index (χ0v) is 14.9. The van der Waals surface area contributed by atoms with Gasteiger partial charge in [0.05, 0.1) is 11.4 Å². The van der Waals surface area contributed by atoms with Crippen LogP contribution in [0.5, 0.6) is 0 Å². The van der Waals surface area contributed by atoms with Gasteiger partial charge in [-0.3, -0.25) is 9.58 Å². The minimum Gasteiger partial charge on any atom is -0.339 e. The van der Waals surface area contributed by atoms with Gasteiger partial charge in [0.15, 0.2) is 0 Å². The summed E-state index contributed by atoms with van der Waals surface area (Å²) in [5.41, 5.74) is 4.29. The Balaban J connectivity index is 1.65. The molecule has 2 aliphatic heterocycles. The maximum atomic E-state index is 4.90. The summed E-state index contributed by atoms with van der Waals surface area (Å²) in [4.78, 5) is 14.5. The van der Waals surface area contributed by atoms with Gasteiger partial charge in [-0.25, -0.2) is 9.97 Å². The largest absolute Gasteiger partial charge is 0.339 e. The van der Waals surface area contributed by atoms with Crippen LogP contribution in [0.3, 0.4) is 0 Å². The van der Waals surface area contributed by atoms with Crippen molar-refractivity contribution >= 4 is 5.95 Å². The van der Waals surface area contributed by atoms with Crippen LogP contribution in [-0.4, -0.2) is 56.9 Å². The second kappa shape index (κ2) is 6.16. The summed E-state index contributed by atoms with van der Waals surface area (Å²) in [6.45, 7) is 8.71. The molecule has 0 spiro atoms. The van der Waals surface area contributed by atoms with E-state index in [1.165, 1.54) is 32.4 Å². The Morgan fingerprint density at radius 2 is 1.96 bits per heavy atom. The van der Waals surface area contributed by atoms with Crippen LogP contribution in [0.15, 0.2) is 12.3 Å². The monoisotopic (exact) mass is 326 g/mol. The SMILES string of the molecule is Cc1nn(C)c(C)c1-c1ccnc(N2CCCN3CCCC3C2)n1. The third-order valence-corrected chi connectivity index (χ3v) is 5.49. The lowest BCUT2D eigenvalue weighted by atomic mass is 10.1. The number of fused-ring (bicyclic) bond motifs is 1. The molecule has 0 aliphatic carbocycles. The number of hydrogen-bond acceptors (Lipinski definition) is 5. The van der Waals surface area contributed by atoms with E-state index in [0.29, 0.717) is 6.04 Å². The predicted molar refractivity (Wildman–Crippen MR) is 95.1 cm³/mol. The van der Waals surface area contributed by atoms with E-state index in [2.05, 4.69) is 26.8 Å². The first-order valence-corrected chi connectivity index (χ1v) is 8.96. The Labute approximate surface area is 143 Å². The van der Waals surface area contributed by atoms with E-state index < -0.39 is 0 Å². The molecule has 0 saturated carbocycles. The van der Waals surface area contributed by atoms with E-state index in [-0.39, 0.29) is 0 Å². The molecule has 0 bridgehead atoms. The lowest BCUT2D eigenvalue weighted by Crippen LogP contribution is -2.37. The van der Waals surface area contributed by atoms with E-state index in [1.807, 2.05) is 30.9 Å². The Hall–Kier alpha value is -1.95. The molecule has 6 heteroatoms. The van der Waals surface area contributed by atoms with Crippen molar-refractivity contribution in [1.82, 2.24) is 24.6 Å². The molecular formula is C18H26N6. The van der Waals surface area contributed by atoms with Gasteiger partial charge in [-0.1, -0.05) is 0 Å². The van der Waals surface area contributed by atoms with Crippen molar-refractivity contribution in [1.29, 1.82) is 0 Å². The number of aryl methyl sites for hydroxylation is 2. The van der Waals surface area contributed by atoms with Gasteiger partial charge in [0.25, 0.3) is 0 Å². The second-order valence-corrected chi connectivity index (χ2v) is 7.04. The van der Waals surface area contributed by atoms with E-state index in [9.17, 15) is 0 Å². The standard InChI is InChI=1S/C18H26N6/c1-13-17(14(2)22(3)21-13)16-7-8-19-18(20-16)24-11-5-10-23-9-4-6-15(23)12-24/h7-8,15H,4-6,9-12H2,1-3H3. The molecule has 0 radical (unpaired) electrons. The summed E-state index contributed by atoms with van der Waals surface area (Å²) in [5, 5.41) is 4.52. The highest BCUT2D eigenvalue weighted by Gasteiger charge is 2.29. The second-order valence-electron chi connectivity index (χ2n) is 7.04. The topological polar surface area (TPSA) is 50.1 Å². The van der Waals surface area contributed by atoms with Crippen molar-refractivity contribution in [3.63, 3.8) is 0 Å². The van der Waals surface area contributed by atoms with Gasteiger partial charge in [-0.15, -0.1) is 0 Å². The number of nitrogens with zero attached hydrogens (tertiary/aromatic N) is 6. The molecule has 2 saturated heterocycles. The molecule has 2 aliphatic rings. The van der Waals surface area contributed by atoms with Crippen molar-refractivity contribution in [2.24, 2.45) is 7.05 Å². The fourth-order valence-electron chi connectivity index (χ4n) is 4.17. The maximum Gasteiger partial charge on any atom is 0.225 e. The molecule has 4 heterocycles. The minimum atomic E-state index is 0.668. The summed E-state index contributed by atoms with van der Waals surface area (Å²) in [7, 11) is 1.98. The molecule has 0 amide bonds. The molecule has 1 unspecified atom stereocenters. The van der Waals surface area contributed by atoms with Crippen molar-refractivity contribution < 1.29 is 0 Å². The number of aromatic nitrogens is 4. The molecule has 2 fully saturated rings. The lowest BCUT2D eigenvalue weighted by molar-refractivity contribution is 0.273. The van der Waals surface area contributed by atoms with Gasteiger partial charge in [-0.05, 0) is 45.7 Å². The average Bonchev–Trinajstić information content (AvgIpc) is 3.04. The van der Waals surface area contributed by atoms with Crippen LogP contribution in [0, 0.1) is 13.8 Å². The summed E-state index contributed by atoms with van der Waals surface area (Å²) in [6.07, 6.45) is 5.71. The van der Waals surface area contributed by atoms with Crippen LogP contribution in [0.2, 0.25) is 0 Å². The summed E-state index contributed by atoms with van der Waals surface area (Å²) >= 11 is 0. The van der Waals surface area contributed by atoms with Crippen LogP contribution in [0.1, 0.15) is 30.7 Å². The number of hydrogen-bond donors (Lipinski definition) is 0. The smallest absolute Gasteiger partial charge is 0.225 e. The van der Waals surface area contributed by atoms with Gasteiger partial charge in [-0.2, -0.15) is 5.10 Å². The first-order valence-electron chi connectivity index (χ1n) is 8.96. The summed E-state index contributed by atoms with van der Waals surface area (Å²) in [6, 6.07) is 2.67. The van der Waals surface area contributed by atoms with Crippen LogP contribution in [0.4, 0.5) is 5.95 Å². The van der Waals surface area contributed by atoms with E-state index >= 15 is 0 Å². The van der Waals surface area contributed by atoms with Gasteiger partial charge in [0.2, 0.25) is 5.95 Å². The van der Waals surface area contributed by atoms with Crippen molar-refractivity contribution in [2.75, 3.05) is 31.1 Å². The number of anilines is 1. The highest BCUT2D eigenvalue weighted by atomic mass is 15.3. The molecule has 0 aromatic carbocycles. The van der Waals surface area contributed by atoms with Crippen molar-refractivity contribution in [3.05, 3.63) is 23.7 Å². The van der Waals surface area contributed by atoms with Crippen molar-refractivity contribution in [3.8, 4) is 11.3 Å².